The number of ether oxygens (including phenoxy) is 1. The summed E-state index contributed by atoms with van der Waals surface area (Å²) in [6, 6.07) is 12.1. The largest absolute Gasteiger partial charge is 0.465 e. The Balaban J connectivity index is 1.91. The molecule has 2 amide bonds. The van der Waals surface area contributed by atoms with Crippen LogP contribution in [0.2, 0.25) is 5.02 Å². The van der Waals surface area contributed by atoms with Crippen LogP contribution in [-0.4, -0.2) is 30.9 Å². The summed E-state index contributed by atoms with van der Waals surface area (Å²) < 4.78 is 4.77. The predicted molar refractivity (Wildman–Crippen MR) is 101 cm³/mol. The van der Waals surface area contributed by atoms with Crippen molar-refractivity contribution < 1.29 is 14.3 Å². The highest BCUT2D eigenvalue weighted by Crippen LogP contribution is 2.38. The van der Waals surface area contributed by atoms with Crippen LogP contribution in [0.4, 0.5) is 16.2 Å². The van der Waals surface area contributed by atoms with Gasteiger partial charge in [-0.1, -0.05) is 30.7 Å². The first-order valence-electron chi connectivity index (χ1n) is 7.71. The van der Waals surface area contributed by atoms with Gasteiger partial charge in [-0.2, -0.15) is 0 Å². The van der Waals surface area contributed by atoms with Gasteiger partial charge in [0.25, 0.3) is 0 Å². The number of para-hydroxylation sites is 1. The SMILES string of the molecule is COC(=O)c1ccc(Cl)cc1NC(=O)N1C[C@@H](C)Sc2ccccc21. The number of amides is 2. The van der Waals surface area contributed by atoms with Crippen molar-refractivity contribution >= 4 is 46.7 Å². The van der Waals surface area contributed by atoms with Crippen LogP contribution in [-0.2, 0) is 4.74 Å². The maximum absolute atomic E-state index is 12.9. The van der Waals surface area contributed by atoms with Gasteiger partial charge in [-0.3, -0.25) is 4.90 Å². The Kier molecular flexibility index (Phi) is 5.20. The molecule has 0 saturated carbocycles. The van der Waals surface area contributed by atoms with E-state index in [0.717, 1.165) is 10.6 Å². The Morgan fingerprint density at radius 1 is 1.28 bits per heavy atom. The van der Waals surface area contributed by atoms with Crippen LogP contribution in [0.25, 0.3) is 0 Å². The molecular formula is C18H17ClN2O3S. The van der Waals surface area contributed by atoms with Gasteiger partial charge in [-0.05, 0) is 30.3 Å². The number of urea groups is 1. The molecule has 25 heavy (non-hydrogen) atoms. The van der Waals surface area contributed by atoms with Crippen molar-refractivity contribution in [3.63, 3.8) is 0 Å². The van der Waals surface area contributed by atoms with Crippen molar-refractivity contribution in [2.24, 2.45) is 0 Å². The lowest BCUT2D eigenvalue weighted by molar-refractivity contribution is 0.0602. The van der Waals surface area contributed by atoms with Crippen LogP contribution in [0.5, 0.6) is 0 Å². The second kappa shape index (κ2) is 7.37. The van der Waals surface area contributed by atoms with Crippen molar-refractivity contribution in [3.8, 4) is 0 Å². The molecule has 0 bridgehead atoms. The Morgan fingerprint density at radius 2 is 2.04 bits per heavy atom. The molecule has 1 aliphatic heterocycles. The zero-order valence-corrected chi connectivity index (χ0v) is 15.4. The van der Waals surface area contributed by atoms with Gasteiger partial charge in [-0.15, -0.1) is 11.8 Å². The van der Waals surface area contributed by atoms with Gasteiger partial charge in [0.15, 0.2) is 0 Å². The number of thioether (sulfide) groups is 1. The standard InChI is InChI=1S/C18H17ClN2O3S/c1-11-10-21(15-5-3-4-6-16(15)25-11)18(23)20-14-9-12(19)7-8-13(14)17(22)24-2/h3-9,11H,10H2,1-2H3,(H,20,23)/t11-/m1/s1. The van der Waals surface area contributed by atoms with Gasteiger partial charge >= 0.3 is 12.0 Å². The number of esters is 1. The molecule has 2 aromatic rings. The number of benzene rings is 2. The molecular weight excluding hydrogens is 360 g/mol. The van der Waals surface area contributed by atoms with E-state index in [0.29, 0.717) is 17.3 Å². The predicted octanol–water partition coefficient (Wildman–Crippen LogP) is 4.66. The van der Waals surface area contributed by atoms with Crippen LogP contribution < -0.4 is 10.2 Å². The molecule has 1 atom stereocenters. The highest BCUT2D eigenvalue weighted by molar-refractivity contribution is 8.00. The maximum atomic E-state index is 12.9. The number of fused-ring (bicyclic) bond motifs is 1. The normalized spacial score (nSPS) is 16.1. The number of hydrogen-bond acceptors (Lipinski definition) is 4. The van der Waals surface area contributed by atoms with E-state index in [4.69, 9.17) is 16.3 Å². The molecule has 7 heteroatoms. The number of carbonyl (C=O) groups is 2. The maximum Gasteiger partial charge on any atom is 0.339 e. The van der Waals surface area contributed by atoms with E-state index in [1.165, 1.54) is 13.2 Å². The molecule has 130 valence electrons. The summed E-state index contributed by atoms with van der Waals surface area (Å²) >= 11 is 7.75. The summed E-state index contributed by atoms with van der Waals surface area (Å²) in [5.74, 6) is -0.532. The third-order valence-corrected chi connectivity index (χ3v) is 5.18. The summed E-state index contributed by atoms with van der Waals surface area (Å²) in [6.07, 6.45) is 0. The Labute approximate surface area is 155 Å². The number of nitrogens with zero attached hydrogens (tertiary/aromatic N) is 1. The van der Waals surface area contributed by atoms with Crippen molar-refractivity contribution in [1.29, 1.82) is 0 Å². The van der Waals surface area contributed by atoms with E-state index in [2.05, 4.69) is 12.2 Å². The molecule has 0 aromatic heterocycles. The monoisotopic (exact) mass is 376 g/mol. The van der Waals surface area contributed by atoms with Crippen LogP contribution in [0.3, 0.4) is 0 Å². The lowest BCUT2D eigenvalue weighted by Crippen LogP contribution is -2.41. The first kappa shape index (κ1) is 17.6. The molecule has 0 fully saturated rings. The fraction of sp³-hybridized carbons (Fsp3) is 0.222. The minimum absolute atomic E-state index is 0.257. The topological polar surface area (TPSA) is 58.6 Å². The van der Waals surface area contributed by atoms with Crippen LogP contribution in [0, 0.1) is 0 Å². The van der Waals surface area contributed by atoms with Gasteiger partial charge in [-0.25, -0.2) is 9.59 Å². The summed E-state index contributed by atoms with van der Waals surface area (Å²) in [5.41, 5.74) is 1.44. The molecule has 0 radical (unpaired) electrons. The smallest absolute Gasteiger partial charge is 0.339 e. The Morgan fingerprint density at radius 3 is 2.80 bits per heavy atom. The number of nitrogens with one attached hydrogen (secondary N) is 1. The van der Waals surface area contributed by atoms with E-state index >= 15 is 0 Å². The zero-order valence-electron chi connectivity index (χ0n) is 13.8. The molecule has 0 spiro atoms. The van der Waals surface area contributed by atoms with Gasteiger partial charge < -0.3 is 10.1 Å². The Hall–Kier alpha value is -2.18. The average Bonchev–Trinajstić information content (AvgIpc) is 2.60. The van der Waals surface area contributed by atoms with Gasteiger partial charge in [0, 0.05) is 21.7 Å². The van der Waals surface area contributed by atoms with E-state index in [1.807, 2.05) is 24.3 Å². The summed E-state index contributed by atoms with van der Waals surface area (Å²) in [6.45, 7) is 2.64. The third-order valence-electron chi connectivity index (χ3n) is 3.80. The Bertz CT molecular complexity index is 828. The zero-order chi connectivity index (χ0) is 18.0. The van der Waals surface area contributed by atoms with E-state index in [1.54, 1.807) is 28.8 Å². The van der Waals surface area contributed by atoms with Gasteiger partial charge in [0.1, 0.15) is 0 Å². The quantitative estimate of drug-likeness (QED) is 0.774. The highest BCUT2D eigenvalue weighted by Gasteiger charge is 2.27. The summed E-state index contributed by atoms with van der Waals surface area (Å²) in [4.78, 5) is 27.5. The van der Waals surface area contributed by atoms with Gasteiger partial charge in [0.2, 0.25) is 0 Å². The van der Waals surface area contributed by atoms with Crippen molar-refractivity contribution in [2.45, 2.75) is 17.1 Å². The number of hydrogen-bond donors (Lipinski definition) is 1. The first-order chi connectivity index (χ1) is 12.0. The average molecular weight is 377 g/mol. The first-order valence-corrected chi connectivity index (χ1v) is 8.97. The van der Waals surface area contributed by atoms with Gasteiger partial charge in [0.05, 0.1) is 24.0 Å². The van der Waals surface area contributed by atoms with Crippen LogP contribution in [0.1, 0.15) is 17.3 Å². The number of methoxy groups -OCH3 is 1. The molecule has 0 saturated heterocycles. The van der Waals surface area contributed by atoms with Crippen molar-refractivity contribution in [1.82, 2.24) is 0 Å². The van der Waals surface area contributed by atoms with E-state index in [9.17, 15) is 9.59 Å². The lowest BCUT2D eigenvalue weighted by atomic mass is 10.2. The second-order valence-electron chi connectivity index (χ2n) is 5.62. The molecule has 2 aromatic carbocycles. The van der Waals surface area contributed by atoms with E-state index in [-0.39, 0.29) is 16.8 Å². The fourth-order valence-corrected chi connectivity index (χ4v) is 3.96. The molecule has 5 nitrogen and oxygen atoms in total. The van der Waals surface area contributed by atoms with Crippen molar-refractivity contribution in [2.75, 3.05) is 23.9 Å². The molecule has 1 heterocycles. The fourth-order valence-electron chi connectivity index (χ4n) is 2.67. The minimum Gasteiger partial charge on any atom is -0.465 e. The van der Waals surface area contributed by atoms with Crippen molar-refractivity contribution in [3.05, 3.63) is 53.1 Å². The second-order valence-corrected chi connectivity index (χ2v) is 7.54. The number of anilines is 2. The lowest BCUT2D eigenvalue weighted by Gasteiger charge is -2.32. The minimum atomic E-state index is -0.532. The number of halogens is 1. The van der Waals surface area contributed by atoms with E-state index < -0.39 is 5.97 Å². The summed E-state index contributed by atoms with van der Waals surface area (Å²) in [5, 5.41) is 3.48. The highest BCUT2D eigenvalue weighted by atomic mass is 35.5. The molecule has 0 unspecified atom stereocenters. The summed E-state index contributed by atoms with van der Waals surface area (Å²) in [7, 11) is 1.29. The molecule has 1 aliphatic rings. The molecule has 1 N–H and O–H groups in total. The van der Waals surface area contributed by atoms with Crippen LogP contribution >= 0.6 is 23.4 Å². The number of rotatable bonds is 2. The van der Waals surface area contributed by atoms with Crippen LogP contribution in [0.15, 0.2) is 47.4 Å². The number of carbonyl (C=O) groups excluding carboxylic acids is 2. The molecule has 0 aliphatic carbocycles. The third kappa shape index (κ3) is 3.75. The molecule has 3 rings (SSSR count).